The van der Waals surface area contributed by atoms with E-state index in [2.05, 4.69) is 58.2 Å². The van der Waals surface area contributed by atoms with Gasteiger partial charge in [-0.05, 0) is 36.8 Å². The Balaban J connectivity index is 2.32. The van der Waals surface area contributed by atoms with Crippen molar-refractivity contribution in [3.8, 4) is 0 Å². The van der Waals surface area contributed by atoms with Crippen molar-refractivity contribution in [2.24, 2.45) is 5.73 Å². The van der Waals surface area contributed by atoms with E-state index >= 15 is 0 Å². The minimum atomic E-state index is 0.0375. The molecule has 0 aliphatic rings. The first-order chi connectivity index (χ1) is 8.59. The summed E-state index contributed by atoms with van der Waals surface area (Å²) in [6.07, 6.45) is 0. The zero-order valence-electron chi connectivity index (χ0n) is 10.6. The van der Waals surface area contributed by atoms with Crippen LogP contribution < -0.4 is 10.6 Å². The maximum Gasteiger partial charge on any atom is 0.0419 e. The van der Waals surface area contributed by atoms with E-state index in [0.29, 0.717) is 0 Å². The summed E-state index contributed by atoms with van der Waals surface area (Å²) in [4.78, 5) is 2.15. The summed E-state index contributed by atoms with van der Waals surface area (Å²) in [5.74, 6) is 0. The number of rotatable bonds is 3. The van der Waals surface area contributed by atoms with Crippen LogP contribution in [0.3, 0.4) is 0 Å². The predicted octanol–water partition coefficient (Wildman–Crippen LogP) is 4.24. The van der Waals surface area contributed by atoms with Crippen molar-refractivity contribution in [3.63, 3.8) is 0 Å². The van der Waals surface area contributed by atoms with Gasteiger partial charge in [0.05, 0.1) is 0 Å². The zero-order chi connectivity index (χ0) is 13.1. The Kier molecular flexibility index (Phi) is 4.04. The molecule has 1 atom stereocenters. The third-order valence-corrected chi connectivity index (χ3v) is 3.69. The quantitative estimate of drug-likeness (QED) is 0.919. The molecule has 2 aromatic rings. The topological polar surface area (TPSA) is 29.3 Å². The number of nitrogens with zero attached hydrogens (tertiary/aromatic N) is 1. The maximum atomic E-state index is 5.91. The molecule has 0 radical (unpaired) electrons. The van der Waals surface area contributed by atoms with Gasteiger partial charge in [0, 0.05) is 28.9 Å². The van der Waals surface area contributed by atoms with Gasteiger partial charge < -0.3 is 10.6 Å². The van der Waals surface area contributed by atoms with Gasteiger partial charge in [-0.2, -0.15) is 0 Å². The van der Waals surface area contributed by atoms with Gasteiger partial charge in [0.1, 0.15) is 0 Å². The first-order valence-electron chi connectivity index (χ1n) is 5.93. The highest BCUT2D eigenvalue weighted by atomic mass is 79.9. The first kappa shape index (κ1) is 13.1. The van der Waals surface area contributed by atoms with Crippen LogP contribution in [0.15, 0.2) is 53.0 Å². The molecule has 0 fully saturated rings. The second-order valence-corrected chi connectivity index (χ2v) is 5.24. The number of hydrogen-bond donors (Lipinski definition) is 1. The second kappa shape index (κ2) is 5.55. The minimum Gasteiger partial charge on any atom is -0.345 e. The number of nitrogens with two attached hydrogens (primary N) is 1. The first-order valence-corrected chi connectivity index (χ1v) is 6.72. The Morgan fingerprint density at radius 1 is 1.06 bits per heavy atom. The number of halogens is 1. The molecule has 0 aliphatic heterocycles. The summed E-state index contributed by atoms with van der Waals surface area (Å²) in [7, 11) is 2.06. The number of benzene rings is 2. The third kappa shape index (κ3) is 2.74. The van der Waals surface area contributed by atoms with Crippen molar-refractivity contribution in [2.75, 3.05) is 11.9 Å². The fourth-order valence-electron chi connectivity index (χ4n) is 1.89. The molecule has 2 rings (SSSR count). The molecule has 0 unspecified atom stereocenters. The molecule has 0 aromatic heterocycles. The van der Waals surface area contributed by atoms with Crippen molar-refractivity contribution in [3.05, 3.63) is 58.6 Å². The fraction of sp³-hybridized carbons (Fsp3) is 0.200. The Morgan fingerprint density at radius 2 is 1.72 bits per heavy atom. The molecule has 0 saturated carbocycles. The predicted molar refractivity (Wildman–Crippen MR) is 81.2 cm³/mol. The Morgan fingerprint density at radius 3 is 2.28 bits per heavy atom. The minimum absolute atomic E-state index is 0.0375. The van der Waals surface area contributed by atoms with Gasteiger partial charge in [0.15, 0.2) is 0 Å². The van der Waals surface area contributed by atoms with Crippen LogP contribution in [0, 0.1) is 0 Å². The smallest absolute Gasteiger partial charge is 0.0419 e. The Hall–Kier alpha value is -1.32. The van der Waals surface area contributed by atoms with Gasteiger partial charge in [-0.15, -0.1) is 0 Å². The molecular weight excluding hydrogens is 288 g/mol. The van der Waals surface area contributed by atoms with Crippen molar-refractivity contribution in [1.29, 1.82) is 0 Å². The maximum absolute atomic E-state index is 5.91. The Labute approximate surface area is 117 Å². The highest BCUT2D eigenvalue weighted by Crippen LogP contribution is 2.30. The van der Waals surface area contributed by atoms with E-state index in [9.17, 15) is 0 Å². The monoisotopic (exact) mass is 304 g/mol. The number of anilines is 2. The molecule has 0 amide bonds. The van der Waals surface area contributed by atoms with E-state index in [1.807, 2.05) is 25.1 Å². The van der Waals surface area contributed by atoms with Gasteiger partial charge >= 0.3 is 0 Å². The van der Waals surface area contributed by atoms with Crippen LogP contribution in [0.4, 0.5) is 11.4 Å². The molecule has 2 aromatic carbocycles. The molecule has 0 heterocycles. The molecule has 0 aliphatic carbocycles. The standard InChI is InChI=1S/C15H17BrN2/c1-11(17)14-9-8-13(10-15(14)16)18(2)12-6-4-3-5-7-12/h3-11H,17H2,1-2H3/t11-/m0/s1. The van der Waals surface area contributed by atoms with Crippen molar-refractivity contribution in [1.82, 2.24) is 0 Å². The molecule has 0 spiro atoms. The summed E-state index contributed by atoms with van der Waals surface area (Å²) in [5.41, 5.74) is 9.33. The van der Waals surface area contributed by atoms with Crippen LogP contribution in [0.2, 0.25) is 0 Å². The number of para-hydroxylation sites is 1. The van der Waals surface area contributed by atoms with E-state index in [4.69, 9.17) is 5.73 Å². The van der Waals surface area contributed by atoms with Crippen molar-refractivity contribution < 1.29 is 0 Å². The summed E-state index contributed by atoms with van der Waals surface area (Å²) in [5, 5.41) is 0. The van der Waals surface area contributed by atoms with E-state index in [1.54, 1.807) is 0 Å². The molecule has 18 heavy (non-hydrogen) atoms. The molecular formula is C15H17BrN2. The van der Waals surface area contributed by atoms with Gasteiger partial charge in [0.2, 0.25) is 0 Å². The molecule has 0 bridgehead atoms. The SMILES string of the molecule is C[C@H](N)c1ccc(N(C)c2ccccc2)cc1Br. The molecule has 3 heteroatoms. The average molecular weight is 305 g/mol. The van der Waals surface area contributed by atoms with Gasteiger partial charge in [0.25, 0.3) is 0 Å². The van der Waals surface area contributed by atoms with E-state index < -0.39 is 0 Å². The van der Waals surface area contributed by atoms with Crippen LogP contribution in [0.1, 0.15) is 18.5 Å². The van der Waals surface area contributed by atoms with Crippen LogP contribution >= 0.6 is 15.9 Å². The highest BCUT2D eigenvalue weighted by molar-refractivity contribution is 9.10. The molecule has 0 saturated heterocycles. The zero-order valence-corrected chi connectivity index (χ0v) is 12.2. The summed E-state index contributed by atoms with van der Waals surface area (Å²) < 4.78 is 1.05. The molecule has 2 nitrogen and oxygen atoms in total. The van der Waals surface area contributed by atoms with Gasteiger partial charge in [-0.1, -0.05) is 40.2 Å². The summed E-state index contributed by atoms with van der Waals surface area (Å²) >= 11 is 3.58. The van der Waals surface area contributed by atoms with E-state index in [1.165, 1.54) is 0 Å². The third-order valence-electron chi connectivity index (χ3n) is 3.01. The van der Waals surface area contributed by atoms with Crippen LogP contribution in [-0.4, -0.2) is 7.05 Å². The van der Waals surface area contributed by atoms with Crippen LogP contribution in [0.5, 0.6) is 0 Å². The summed E-state index contributed by atoms with van der Waals surface area (Å²) in [6, 6.07) is 16.6. The average Bonchev–Trinajstić information content (AvgIpc) is 2.38. The van der Waals surface area contributed by atoms with E-state index in [0.717, 1.165) is 21.4 Å². The molecule has 2 N–H and O–H groups in total. The molecule has 94 valence electrons. The lowest BCUT2D eigenvalue weighted by atomic mass is 10.1. The van der Waals surface area contributed by atoms with Gasteiger partial charge in [-0.25, -0.2) is 0 Å². The highest BCUT2D eigenvalue weighted by Gasteiger charge is 2.08. The van der Waals surface area contributed by atoms with E-state index in [-0.39, 0.29) is 6.04 Å². The van der Waals surface area contributed by atoms with Crippen molar-refractivity contribution in [2.45, 2.75) is 13.0 Å². The lowest BCUT2D eigenvalue weighted by molar-refractivity contribution is 0.813. The Bertz CT molecular complexity index is 523. The largest absolute Gasteiger partial charge is 0.345 e. The summed E-state index contributed by atoms with van der Waals surface area (Å²) in [6.45, 7) is 1.99. The fourth-order valence-corrected chi connectivity index (χ4v) is 2.62. The van der Waals surface area contributed by atoms with Crippen LogP contribution in [-0.2, 0) is 0 Å². The lowest BCUT2D eigenvalue weighted by Crippen LogP contribution is -2.11. The van der Waals surface area contributed by atoms with Crippen molar-refractivity contribution >= 4 is 27.3 Å². The van der Waals surface area contributed by atoms with Crippen LogP contribution in [0.25, 0.3) is 0 Å². The lowest BCUT2D eigenvalue weighted by Gasteiger charge is -2.21. The normalized spacial score (nSPS) is 12.2. The number of hydrogen-bond acceptors (Lipinski definition) is 2. The van der Waals surface area contributed by atoms with Gasteiger partial charge in [-0.3, -0.25) is 0 Å². The second-order valence-electron chi connectivity index (χ2n) is 4.39.